The maximum Gasteiger partial charge on any atom is 0.260 e. The van der Waals surface area contributed by atoms with Crippen LogP contribution in [0.15, 0.2) is 22.9 Å². The van der Waals surface area contributed by atoms with E-state index >= 15 is 0 Å². The highest BCUT2D eigenvalue weighted by atomic mass is 79.9. The number of hydrogen-bond donors (Lipinski definition) is 0. The van der Waals surface area contributed by atoms with E-state index in [0.717, 1.165) is 0 Å². The van der Waals surface area contributed by atoms with Gasteiger partial charge in [0.1, 0.15) is 4.60 Å². The maximum absolute atomic E-state index is 11.6. The van der Waals surface area contributed by atoms with Gasteiger partial charge in [0, 0.05) is 19.3 Å². The molecule has 0 N–H and O–H groups in total. The lowest BCUT2D eigenvalue weighted by molar-refractivity contribution is -0.133. The van der Waals surface area contributed by atoms with Crippen molar-refractivity contribution >= 4 is 21.8 Å². The van der Waals surface area contributed by atoms with Crippen LogP contribution in [0.1, 0.15) is 13.8 Å². The predicted molar refractivity (Wildman–Crippen MR) is 65.3 cm³/mol. The molecule has 0 saturated carbocycles. The zero-order valence-electron chi connectivity index (χ0n) is 9.61. The summed E-state index contributed by atoms with van der Waals surface area (Å²) >= 11 is 3.25. The Morgan fingerprint density at radius 2 is 2.31 bits per heavy atom. The van der Waals surface area contributed by atoms with Crippen LogP contribution in [0.4, 0.5) is 0 Å². The van der Waals surface area contributed by atoms with Crippen LogP contribution in [0, 0.1) is 0 Å². The highest BCUT2D eigenvalue weighted by Crippen LogP contribution is 2.20. The van der Waals surface area contributed by atoms with Gasteiger partial charge in [0.25, 0.3) is 5.91 Å². The molecular weight excluding hydrogens is 272 g/mol. The lowest BCUT2D eigenvalue weighted by atomic mass is 10.3. The Labute approximate surface area is 104 Å². The summed E-state index contributed by atoms with van der Waals surface area (Å²) in [6.07, 6.45) is 1.65. The van der Waals surface area contributed by atoms with Crippen LogP contribution >= 0.6 is 15.9 Å². The number of pyridine rings is 1. The van der Waals surface area contributed by atoms with Crippen LogP contribution in [0.25, 0.3) is 0 Å². The monoisotopic (exact) mass is 286 g/mol. The van der Waals surface area contributed by atoms with Crippen molar-refractivity contribution in [2.75, 3.05) is 13.7 Å². The normalized spacial score (nSPS) is 10.3. The summed E-state index contributed by atoms with van der Waals surface area (Å²) in [5, 5.41) is 0. The summed E-state index contributed by atoms with van der Waals surface area (Å²) in [4.78, 5) is 17.3. The van der Waals surface area contributed by atoms with Gasteiger partial charge >= 0.3 is 0 Å². The van der Waals surface area contributed by atoms with Gasteiger partial charge in [0.2, 0.25) is 0 Å². The van der Waals surface area contributed by atoms with Gasteiger partial charge in [-0.3, -0.25) is 4.79 Å². The second kappa shape index (κ2) is 5.84. The fourth-order valence-corrected chi connectivity index (χ4v) is 1.37. The second-order valence-corrected chi connectivity index (χ2v) is 4.43. The van der Waals surface area contributed by atoms with Crippen LogP contribution in [-0.2, 0) is 4.79 Å². The molecule has 0 bridgehead atoms. The standard InChI is InChI=1S/C11H15BrN2O2/c1-8(2)14(3)10(15)7-16-9-5-4-6-13-11(9)12/h4-6,8H,7H2,1-3H3. The van der Waals surface area contributed by atoms with E-state index in [0.29, 0.717) is 10.4 Å². The molecule has 0 fully saturated rings. The first-order chi connectivity index (χ1) is 7.52. The van der Waals surface area contributed by atoms with Gasteiger partial charge in [-0.2, -0.15) is 0 Å². The van der Waals surface area contributed by atoms with E-state index in [1.54, 1.807) is 30.3 Å². The Morgan fingerprint density at radius 1 is 1.62 bits per heavy atom. The van der Waals surface area contributed by atoms with Gasteiger partial charge in [0.15, 0.2) is 12.4 Å². The van der Waals surface area contributed by atoms with Crippen LogP contribution in [-0.4, -0.2) is 35.5 Å². The van der Waals surface area contributed by atoms with Crippen molar-refractivity contribution in [1.29, 1.82) is 0 Å². The van der Waals surface area contributed by atoms with Crippen LogP contribution in [0.3, 0.4) is 0 Å². The number of nitrogens with zero attached hydrogens (tertiary/aromatic N) is 2. The second-order valence-electron chi connectivity index (χ2n) is 3.68. The number of carbonyl (C=O) groups excluding carboxylic acids is 1. The van der Waals surface area contributed by atoms with Crippen LogP contribution in [0.2, 0.25) is 0 Å². The van der Waals surface area contributed by atoms with Crippen LogP contribution < -0.4 is 4.74 Å². The number of carbonyl (C=O) groups is 1. The molecule has 1 aromatic heterocycles. The molecule has 1 heterocycles. The zero-order chi connectivity index (χ0) is 12.1. The third-order valence-electron chi connectivity index (χ3n) is 2.24. The molecule has 0 aliphatic heterocycles. The summed E-state index contributed by atoms with van der Waals surface area (Å²) in [5.41, 5.74) is 0. The lowest BCUT2D eigenvalue weighted by Crippen LogP contribution is -2.36. The Morgan fingerprint density at radius 3 is 2.88 bits per heavy atom. The molecule has 0 radical (unpaired) electrons. The van der Waals surface area contributed by atoms with Gasteiger partial charge in [-0.05, 0) is 41.9 Å². The molecule has 1 aromatic rings. The number of amides is 1. The summed E-state index contributed by atoms with van der Waals surface area (Å²) in [5.74, 6) is 0.527. The Balaban J connectivity index is 2.52. The molecule has 0 unspecified atom stereocenters. The van der Waals surface area contributed by atoms with Gasteiger partial charge in [0.05, 0.1) is 0 Å². The first-order valence-electron chi connectivity index (χ1n) is 5.01. The van der Waals surface area contributed by atoms with E-state index in [2.05, 4.69) is 20.9 Å². The Bertz CT molecular complexity index is 369. The van der Waals surface area contributed by atoms with Crippen molar-refractivity contribution in [3.8, 4) is 5.75 Å². The molecule has 1 rings (SSSR count). The maximum atomic E-state index is 11.6. The van der Waals surface area contributed by atoms with E-state index in [9.17, 15) is 4.79 Å². The minimum Gasteiger partial charge on any atom is -0.481 e. The Kier molecular flexibility index (Phi) is 4.73. The van der Waals surface area contributed by atoms with E-state index in [-0.39, 0.29) is 18.6 Å². The third kappa shape index (κ3) is 3.48. The SMILES string of the molecule is CC(C)N(C)C(=O)COc1cccnc1Br. The van der Waals surface area contributed by atoms with Gasteiger partial charge in [-0.25, -0.2) is 4.98 Å². The van der Waals surface area contributed by atoms with Gasteiger partial charge in [-0.15, -0.1) is 0 Å². The average molecular weight is 287 g/mol. The average Bonchev–Trinajstić information content (AvgIpc) is 2.26. The van der Waals surface area contributed by atoms with Crippen molar-refractivity contribution in [3.63, 3.8) is 0 Å². The van der Waals surface area contributed by atoms with Crippen molar-refractivity contribution < 1.29 is 9.53 Å². The highest BCUT2D eigenvalue weighted by molar-refractivity contribution is 9.10. The molecule has 5 heteroatoms. The fraction of sp³-hybridized carbons (Fsp3) is 0.455. The molecular formula is C11H15BrN2O2. The summed E-state index contributed by atoms with van der Waals surface area (Å²) in [7, 11) is 1.76. The molecule has 0 saturated heterocycles. The van der Waals surface area contributed by atoms with Crippen molar-refractivity contribution in [1.82, 2.24) is 9.88 Å². The summed E-state index contributed by atoms with van der Waals surface area (Å²) in [6.45, 7) is 3.94. The molecule has 88 valence electrons. The zero-order valence-corrected chi connectivity index (χ0v) is 11.2. The largest absolute Gasteiger partial charge is 0.481 e. The number of hydrogen-bond acceptors (Lipinski definition) is 3. The fourth-order valence-electron chi connectivity index (χ4n) is 1.01. The molecule has 16 heavy (non-hydrogen) atoms. The molecule has 0 atom stereocenters. The van der Waals surface area contributed by atoms with Crippen molar-refractivity contribution in [3.05, 3.63) is 22.9 Å². The minimum atomic E-state index is -0.0502. The molecule has 0 aliphatic carbocycles. The van der Waals surface area contributed by atoms with Crippen molar-refractivity contribution in [2.24, 2.45) is 0 Å². The number of likely N-dealkylation sites (N-methyl/N-ethyl adjacent to an activating group) is 1. The van der Waals surface area contributed by atoms with Gasteiger partial charge in [-0.1, -0.05) is 0 Å². The first-order valence-corrected chi connectivity index (χ1v) is 5.80. The summed E-state index contributed by atoms with van der Waals surface area (Å²) in [6, 6.07) is 3.70. The number of rotatable bonds is 4. The lowest BCUT2D eigenvalue weighted by Gasteiger charge is -2.21. The molecule has 0 aliphatic rings. The minimum absolute atomic E-state index is 0.0268. The van der Waals surface area contributed by atoms with Crippen molar-refractivity contribution in [2.45, 2.75) is 19.9 Å². The van der Waals surface area contributed by atoms with E-state index in [4.69, 9.17) is 4.74 Å². The molecule has 0 aromatic carbocycles. The first kappa shape index (κ1) is 13.0. The topological polar surface area (TPSA) is 42.4 Å². The summed E-state index contributed by atoms with van der Waals surface area (Å²) < 4.78 is 5.98. The Hall–Kier alpha value is -1.10. The quantitative estimate of drug-likeness (QED) is 0.796. The predicted octanol–water partition coefficient (Wildman–Crippen LogP) is 2.09. The smallest absolute Gasteiger partial charge is 0.260 e. The molecule has 1 amide bonds. The van der Waals surface area contributed by atoms with E-state index in [1.807, 2.05) is 13.8 Å². The van der Waals surface area contributed by atoms with Gasteiger partial charge < -0.3 is 9.64 Å². The number of aromatic nitrogens is 1. The highest BCUT2D eigenvalue weighted by Gasteiger charge is 2.13. The van der Waals surface area contributed by atoms with E-state index in [1.165, 1.54) is 0 Å². The third-order valence-corrected chi connectivity index (χ3v) is 2.84. The molecule has 4 nitrogen and oxygen atoms in total. The molecule has 0 spiro atoms. The number of halogens is 1. The number of ether oxygens (including phenoxy) is 1. The van der Waals surface area contributed by atoms with Crippen LogP contribution in [0.5, 0.6) is 5.75 Å². The van der Waals surface area contributed by atoms with E-state index < -0.39 is 0 Å².